The number of thiophene rings is 1. The second kappa shape index (κ2) is 6.22. The van der Waals surface area contributed by atoms with Crippen LogP contribution in [-0.2, 0) is 6.42 Å². The van der Waals surface area contributed by atoms with Crippen LogP contribution in [0, 0.1) is 0 Å². The van der Waals surface area contributed by atoms with Crippen LogP contribution in [0.3, 0.4) is 0 Å². The molecule has 0 radical (unpaired) electrons. The Labute approximate surface area is 127 Å². The standard InChI is InChI=1S/C15H18N4OS/c1-2-16-14-7-6-12(18-19-14)15(20)17-11-4-3-5-13-10(11)8-9-21-13/h6-9,11H,2-5H2,1H3,(H,16,19)(H,17,20). The van der Waals surface area contributed by atoms with Gasteiger partial charge in [0, 0.05) is 11.4 Å². The molecule has 6 heteroatoms. The van der Waals surface area contributed by atoms with Gasteiger partial charge in [0.05, 0.1) is 6.04 Å². The molecule has 2 N–H and O–H groups in total. The summed E-state index contributed by atoms with van der Waals surface area (Å²) in [7, 11) is 0. The van der Waals surface area contributed by atoms with Crippen LogP contribution in [0.5, 0.6) is 0 Å². The van der Waals surface area contributed by atoms with E-state index in [9.17, 15) is 4.79 Å². The quantitative estimate of drug-likeness (QED) is 0.911. The lowest BCUT2D eigenvalue weighted by Gasteiger charge is -2.23. The van der Waals surface area contributed by atoms with E-state index < -0.39 is 0 Å². The van der Waals surface area contributed by atoms with Crippen LogP contribution < -0.4 is 10.6 Å². The van der Waals surface area contributed by atoms with Crippen LogP contribution in [0.1, 0.15) is 46.7 Å². The summed E-state index contributed by atoms with van der Waals surface area (Å²) < 4.78 is 0. The van der Waals surface area contributed by atoms with Crippen molar-refractivity contribution >= 4 is 23.1 Å². The molecule has 1 aliphatic carbocycles. The van der Waals surface area contributed by atoms with Gasteiger partial charge in [0.2, 0.25) is 0 Å². The summed E-state index contributed by atoms with van der Waals surface area (Å²) in [6.45, 7) is 2.77. The Kier molecular flexibility index (Phi) is 4.15. The number of amides is 1. The van der Waals surface area contributed by atoms with E-state index in [1.54, 1.807) is 23.5 Å². The minimum absolute atomic E-state index is 0.0998. The lowest BCUT2D eigenvalue weighted by Crippen LogP contribution is -2.31. The molecule has 1 unspecified atom stereocenters. The van der Waals surface area contributed by atoms with E-state index >= 15 is 0 Å². The third-order valence-corrected chi connectivity index (χ3v) is 4.61. The molecule has 0 saturated carbocycles. The number of aromatic nitrogens is 2. The maximum Gasteiger partial charge on any atom is 0.272 e. The molecule has 1 atom stereocenters. The second-order valence-corrected chi connectivity index (χ2v) is 6.05. The monoisotopic (exact) mass is 302 g/mol. The van der Waals surface area contributed by atoms with Crippen LogP contribution >= 0.6 is 11.3 Å². The smallest absolute Gasteiger partial charge is 0.272 e. The molecule has 0 fully saturated rings. The average molecular weight is 302 g/mol. The first-order valence-corrected chi connectivity index (χ1v) is 8.10. The van der Waals surface area contributed by atoms with Crippen molar-refractivity contribution in [3.05, 3.63) is 39.7 Å². The van der Waals surface area contributed by atoms with Crippen molar-refractivity contribution in [1.29, 1.82) is 0 Å². The maximum absolute atomic E-state index is 12.3. The van der Waals surface area contributed by atoms with Gasteiger partial charge in [-0.25, -0.2) is 0 Å². The molecule has 21 heavy (non-hydrogen) atoms. The highest BCUT2D eigenvalue weighted by molar-refractivity contribution is 7.10. The van der Waals surface area contributed by atoms with Crippen LogP contribution in [0.2, 0.25) is 0 Å². The maximum atomic E-state index is 12.3. The predicted octanol–water partition coefficient (Wildman–Crippen LogP) is 2.78. The van der Waals surface area contributed by atoms with Gasteiger partial charge < -0.3 is 10.6 Å². The summed E-state index contributed by atoms with van der Waals surface area (Å²) in [5.41, 5.74) is 1.62. The highest BCUT2D eigenvalue weighted by Crippen LogP contribution is 2.33. The van der Waals surface area contributed by atoms with Crippen molar-refractivity contribution < 1.29 is 4.79 Å². The van der Waals surface area contributed by atoms with Crippen molar-refractivity contribution in [1.82, 2.24) is 15.5 Å². The minimum atomic E-state index is -0.158. The lowest BCUT2D eigenvalue weighted by molar-refractivity contribution is 0.0927. The predicted molar refractivity (Wildman–Crippen MR) is 83.7 cm³/mol. The number of nitrogens with one attached hydrogen (secondary N) is 2. The van der Waals surface area contributed by atoms with E-state index in [1.165, 1.54) is 10.4 Å². The van der Waals surface area contributed by atoms with Gasteiger partial charge in [0.15, 0.2) is 5.69 Å². The first-order chi connectivity index (χ1) is 10.3. The van der Waals surface area contributed by atoms with E-state index in [0.29, 0.717) is 11.5 Å². The lowest BCUT2D eigenvalue weighted by atomic mass is 9.94. The fraction of sp³-hybridized carbons (Fsp3) is 0.400. The van der Waals surface area contributed by atoms with Gasteiger partial charge in [-0.15, -0.1) is 21.5 Å². The zero-order valence-corrected chi connectivity index (χ0v) is 12.7. The Morgan fingerprint density at radius 1 is 1.38 bits per heavy atom. The highest BCUT2D eigenvalue weighted by atomic mass is 32.1. The molecule has 0 aromatic carbocycles. The SMILES string of the molecule is CCNc1ccc(C(=O)NC2CCCc3sccc32)nn1. The molecule has 2 aromatic rings. The fourth-order valence-electron chi connectivity index (χ4n) is 2.60. The Morgan fingerprint density at radius 3 is 3.05 bits per heavy atom. The number of hydrogen-bond acceptors (Lipinski definition) is 5. The van der Waals surface area contributed by atoms with Crippen LogP contribution in [0.4, 0.5) is 5.82 Å². The summed E-state index contributed by atoms with van der Waals surface area (Å²) in [5, 5.41) is 16.2. The van der Waals surface area contributed by atoms with Crippen LogP contribution in [0.25, 0.3) is 0 Å². The van der Waals surface area contributed by atoms with E-state index in [2.05, 4.69) is 32.3 Å². The number of rotatable bonds is 4. The molecule has 0 bridgehead atoms. The molecular formula is C15H18N4OS. The van der Waals surface area contributed by atoms with Gasteiger partial charge >= 0.3 is 0 Å². The van der Waals surface area contributed by atoms with Crippen molar-refractivity contribution in [2.45, 2.75) is 32.2 Å². The summed E-state index contributed by atoms with van der Waals surface area (Å²) in [6.07, 6.45) is 3.22. The summed E-state index contributed by atoms with van der Waals surface area (Å²) in [5.74, 6) is 0.529. The van der Waals surface area contributed by atoms with Gasteiger partial charge in [0.1, 0.15) is 5.82 Å². The van der Waals surface area contributed by atoms with E-state index in [1.807, 2.05) is 6.92 Å². The molecule has 1 amide bonds. The van der Waals surface area contributed by atoms with E-state index in [-0.39, 0.29) is 11.9 Å². The second-order valence-electron chi connectivity index (χ2n) is 5.05. The number of carbonyl (C=O) groups is 1. The third kappa shape index (κ3) is 3.05. The zero-order chi connectivity index (χ0) is 14.7. The molecule has 0 aliphatic heterocycles. The first-order valence-electron chi connectivity index (χ1n) is 7.22. The molecule has 2 heterocycles. The molecule has 5 nitrogen and oxygen atoms in total. The Morgan fingerprint density at radius 2 is 2.29 bits per heavy atom. The fourth-order valence-corrected chi connectivity index (χ4v) is 3.58. The molecular weight excluding hydrogens is 284 g/mol. The van der Waals surface area contributed by atoms with Gasteiger partial charge in [0.25, 0.3) is 5.91 Å². The molecule has 3 rings (SSSR count). The van der Waals surface area contributed by atoms with Gasteiger partial charge in [-0.2, -0.15) is 0 Å². The summed E-state index contributed by atoms with van der Waals surface area (Å²) in [6, 6.07) is 5.70. The van der Waals surface area contributed by atoms with Gasteiger partial charge in [-0.1, -0.05) is 0 Å². The largest absolute Gasteiger partial charge is 0.369 e. The highest BCUT2D eigenvalue weighted by Gasteiger charge is 2.23. The molecule has 2 aromatic heterocycles. The average Bonchev–Trinajstić information content (AvgIpc) is 2.98. The van der Waals surface area contributed by atoms with Crippen molar-refractivity contribution in [3.63, 3.8) is 0 Å². The molecule has 110 valence electrons. The Bertz CT molecular complexity index is 623. The Balaban J connectivity index is 1.70. The number of nitrogens with zero attached hydrogens (tertiary/aromatic N) is 2. The van der Waals surface area contributed by atoms with Crippen molar-refractivity contribution in [3.8, 4) is 0 Å². The topological polar surface area (TPSA) is 66.9 Å². The number of carbonyl (C=O) groups excluding carboxylic acids is 1. The van der Waals surface area contributed by atoms with Crippen molar-refractivity contribution in [2.24, 2.45) is 0 Å². The number of hydrogen-bond donors (Lipinski definition) is 2. The van der Waals surface area contributed by atoms with Crippen LogP contribution in [0.15, 0.2) is 23.6 Å². The molecule has 0 spiro atoms. The molecule has 0 saturated heterocycles. The third-order valence-electron chi connectivity index (χ3n) is 3.61. The zero-order valence-electron chi connectivity index (χ0n) is 11.9. The Hall–Kier alpha value is -1.95. The van der Waals surface area contributed by atoms with Gasteiger partial charge in [-0.3, -0.25) is 4.79 Å². The number of aryl methyl sites for hydroxylation is 1. The number of fused-ring (bicyclic) bond motifs is 1. The van der Waals surface area contributed by atoms with E-state index in [0.717, 1.165) is 25.8 Å². The van der Waals surface area contributed by atoms with E-state index in [4.69, 9.17) is 0 Å². The van der Waals surface area contributed by atoms with Crippen LogP contribution in [-0.4, -0.2) is 22.6 Å². The summed E-state index contributed by atoms with van der Waals surface area (Å²) >= 11 is 1.77. The number of anilines is 1. The van der Waals surface area contributed by atoms with Crippen molar-refractivity contribution in [2.75, 3.05) is 11.9 Å². The first kappa shape index (κ1) is 14.0. The molecule has 1 aliphatic rings. The summed E-state index contributed by atoms with van der Waals surface area (Å²) in [4.78, 5) is 13.7. The normalized spacial score (nSPS) is 17.1. The minimum Gasteiger partial charge on any atom is -0.369 e. The van der Waals surface area contributed by atoms with Gasteiger partial charge in [-0.05, 0) is 55.3 Å².